The first-order chi connectivity index (χ1) is 11.7. The van der Waals surface area contributed by atoms with Gasteiger partial charge in [0.25, 0.3) is 5.91 Å². The minimum absolute atomic E-state index is 0.0274. The number of ether oxygens (including phenoxy) is 2. The van der Waals surface area contributed by atoms with Crippen molar-refractivity contribution in [2.45, 2.75) is 19.3 Å². The maximum Gasteiger partial charge on any atom is 0.309 e. The van der Waals surface area contributed by atoms with E-state index in [4.69, 9.17) is 9.47 Å². The lowest BCUT2D eigenvalue weighted by atomic mass is 9.86. The van der Waals surface area contributed by atoms with Gasteiger partial charge in [-0.25, -0.2) is 0 Å². The van der Waals surface area contributed by atoms with Gasteiger partial charge >= 0.3 is 5.97 Å². The molecule has 0 unspecified atom stereocenters. The maximum absolute atomic E-state index is 11.9. The number of anilines is 1. The molecule has 5 heteroatoms. The molecule has 0 atom stereocenters. The second-order valence-electron chi connectivity index (χ2n) is 5.73. The third-order valence-corrected chi connectivity index (χ3v) is 3.88. The Morgan fingerprint density at radius 3 is 2.46 bits per heavy atom. The van der Waals surface area contributed by atoms with E-state index in [0.29, 0.717) is 11.4 Å². The second-order valence-corrected chi connectivity index (χ2v) is 5.73. The molecule has 0 aliphatic heterocycles. The molecule has 1 amide bonds. The quantitative estimate of drug-likeness (QED) is 0.821. The van der Waals surface area contributed by atoms with E-state index in [0.717, 1.165) is 25.0 Å². The topological polar surface area (TPSA) is 64.6 Å². The molecule has 3 rings (SSSR count). The average Bonchev–Trinajstić information content (AvgIpc) is 2.53. The number of nitrogens with one attached hydrogen (secondary N) is 1. The molecule has 0 radical (unpaired) electrons. The summed E-state index contributed by atoms with van der Waals surface area (Å²) >= 11 is 0. The van der Waals surface area contributed by atoms with Gasteiger partial charge in [-0.2, -0.15) is 0 Å². The number of hydrogen-bond acceptors (Lipinski definition) is 4. The zero-order valence-electron chi connectivity index (χ0n) is 13.2. The standard InChI is InChI=1S/C19H19NO4/c21-18(13-23-19(22)14-6-4-7-14)20-15-8-5-11-17(12-15)24-16-9-2-1-3-10-16/h1-3,5,8-12,14H,4,6-7,13H2,(H,20,21). The van der Waals surface area contributed by atoms with Crippen molar-refractivity contribution in [3.05, 3.63) is 54.6 Å². The van der Waals surface area contributed by atoms with Crippen LogP contribution in [0.4, 0.5) is 5.69 Å². The first-order valence-corrected chi connectivity index (χ1v) is 8.00. The van der Waals surface area contributed by atoms with Crippen molar-refractivity contribution in [1.29, 1.82) is 0 Å². The van der Waals surface area contributed by atoms with Crippen molar-refractivity contribution < 1.29 is 19.1 Å². The number of benzene rings is 2. The Balaban J connectivity index is 1.52. The highest BCUT2D eigenvalue weighted by molar-refractivity contribution is 5.93. The fraction of sp³-hybridized carbons (Fsp3) is 0.263. The molecule has 0 aromatic heterocycles. The van der Waals surface area contributed by atoms with Gasteiger partial charge in [-0.1, -0.05) is 30.7 Å². The van der Waals surface area contributed by atoms with Crippen molar-refractivity contribution in [2.24, 2.45) is 5.92 Å². The first-order valence-electron chi connectivity index (χ1n) is 8.00. The Labute approximate surface area is 140 Å². The lowest BCUT2D eigenvalue weighted by Gasteiger charge is -2.22. The smallest absolute Gasteiger partial charge is 0.309 e. The Hall–Kier alpha value is -2.82. The molecule has 0 heterocycles. The van der Waals surface area contributed by atoms with E-state index in [2.05, 4.69) is 5.32 Å². The van der Waals surface area contributed by atoms with Gasteiger partial charge in [0.2, 0.25) is 0 Å². The van der Waals surface area contributed by atoms with Crippen LogP contribution in [0.25, 0.3) is 0 Å². The van der Waals surface area contributed by atoms with E-state index < -0.39 is 0 Å². The van der Waals surface area contributed by atoms with Crippen LogP contribution in [0, 0.1) is 5.92 Å². The zero-order valence-corrected chi connectivity index (χ0v) is 13.2. The van der Waals surface area contributed by atoms with Crippen molar-refractivity contribution in [2.75, 3.05) is 11.9 Å². The number of rotatable bonds is 6. The van der Waals surface area contributed by atoms with Crippen LogP contribution < -0.4 is 10.1 Å². The van der Waals surface area contributed by atoms with Gasteiger partial charge in [0, 0.05) is 11.8 Å². The third kappa shape index (κ3) is 4.35. The van der Waals surface area contributed by atoms with E-state index in [9.17, 15) is 9.59 Å². The Morgan fingerprint density at radius 1 is 1.00 bits per heavy atom. The van der Waals surface area contributed by atoms with Crippen LogP contribution >= 0.6 is 0 Å². The van der Waals surface area contributed by atoms with E-state index in [-0.39, 0.29) is 24.4 Å². The van der Waals surface area contributed by atoms with Gasteiger partial charge in [-0.3, -0.25) is 9.59 Å². The summed E-state index contributed by atoms with van der Waals surface area (Å²) in [6.45, 7) is -0.265. The largest absolute Gasteiger partial charge is 0.457 e. The number of hydrogen-bond donors (Lipinski definition) is 1. The molecule has 1 fully saturated rings. The van der Waals surface area contributed by atoms with Crippen LogP contribution in [0.2, 0.25) is 0 Å². The van der Waals surface area contributed by atoms with Gasteiger partial charge in [-0.05, 0) is 37.1 Å². The van der Waals surface area contributed by atoms with Crippen molar-refractivity contribution in [1.82, 2.24) is 0 Å². The minimum Gasteiger partial charge on any atom is -0.457 e. The number of esters is 1. The van der Waals surface area contributed by atoms with Crippen molar-refractivity contribution in [3.63, 3.8) is 0 Å². The van der Waals surface area contributed by atoms with Crippen LogP contribution in [-0.2, 0) is 14.3 Å². The summed E-state index contributed by atoms with van der Waals surface area (Å²) in [7, 11) is 0. The van der Waals surface area contributed by atoms with Gasteiger partial charge in [-0.15, -0.1) is 0 Å². The molecule has 1 saturated carbocycles. The molecule has 5 nitrogen and oxygen atoms in total. The summed E-state index contributed by atoms with van der Waals surface area (Å²) in [6, 6.07) is 16.5. The molecule has 2 aromatic carbocycles. The molecule has 1 aliphatic carbocycles. The lowest BCUT2D eigenvalue weighted by molar-refractivity contribution is -0.154. The summed E-state index contributed by atoms with van der Waals surface area (Å²) in [6.07, 6.45) is 2.78. The van der Waals surface area contributed by atoms with Gasteiger partial charge in [0.15, 0.2) is 6.61 Å². The average molecular weight is 325 g/mol. The van der Waals surface area contributed by atoms with Gasteiger partial charge < -0.3 is 14.8 Å². The van der Waals surface area contributed by atoms with Crippen LogP contribution in [0.1, 0.15) is 19.3 Å². The normalized spacial score (nSPS) is 13.7. The molecule has 1 aliphatic rings. The number of para-hydroxylation sites is 1. The molecule has 0 spiro atoms. The van der Waals surface area contributed by atoms with Crippen molar-refractivity contribution in [3.8, 4) is 11.5 Å². The van der Waals surface area contributed by atoms with E-state index in [1.807, 2.05) is 30.3 Å². The predicted octanol–water partition coefficient (Wildman–Crippen LogP) is 3.76. The molecule has 24 heavy (non-hydrogen) atoms. The molecular weight excluding hydrogens is 306 g/mol. The first kappa shape index (κ1) is 16.1. The number of carbonyl (C=O) groups excluding carboxylic acids is 2. The van der Waals surface area contributed by atoms with Crippen molar-refractivity contribution >= 4 is 17.6 Å². The molecular formula is C19H19NO4. The fourth-order valence-corrected chi connectivity index (χ4v) is 2.36. The maximum atomic E-state index is 11.9. The van der Waals surface area contributed by atoms with Gasteiger partial charge in [0.1, 0.15) is 11.5 Å². The Bertz CT molecular complexity index is 710. The fourth-order valence-electron chi connectivity index (χ4n) is 2.36. The number of carbonyl (C=O) groups is 2. The molecule has 1 N–H and O–H groups in total. The van der Waals surface area contributed by atoms with E-state index in [1.54, 1.807) is 24.3 Å². The highest BCUT2D eigenvalue weighted by Crippen LogP contribution is 2.27. The molecule has 0 saturated heterocycles. The van der Waals surface area contributed by atoms with E-state index >= 15 is 0 Å². The zero-order chi connectivity index (χ0) is 16.8. The lowest BCUT2D eigenvalue weighted by Crippen LogP contribution is -2.28. The Morgan fingerprint density at radius 2 is 1.75 bits per heavy atom. The second kappa shape index (κ2) is 7.64. The van der Waals surface area contributed by atoms with Gasteiger partial charge in [0.05, 0.1) is 5.92 Å². The SMILES string of the molecule is O=C(COC(=O)C1CCC1)Nc1cccc(Oc2ccccc2)c1. The molecule has 124 valence electrons. The van der Waals surface area contributed by atoms with Crippen LogP contribution in [-0.4, -0.2) is 18.5 Å². The monoisotopic (exact) mass is 325 g/mol. The molecule has 2 aromatic rings. The molecule has 0 bridgehead atoms. The Kier molecular flexibility index (Phi) is 5.11. The number of amides is 1. The highest BCUT2D eigenvalue weighted by Gasteiger charge is 2.27. The third-order valence-electron chi connectivity index (χ3n) is 3.88. The minimum atomic E-state index is -0.362. The van der Waals surface area contributed by atoms with E-state index in [1.165, 1.54) is 0 Å². The summed E-state index contributed by atoms with van der Waals surface area (Å²) < 4.78 is 10.7. The summed E-state index contributed by atoms with van der Waals surface area (Å²) in [5, 5.41) is 2.70. The van der Waals surface area contributed by atoms with Crippen LogP contribution in [0.15, 0.2) is 54.6 Å². The predicted molar refractivity (Wildman–Crippen MR) is 89.9 cm³/mol. The summed E-state index contributed by atoms with van der Waals surface area (Å²) in [5.41, 5.74) is 0.591. The van der Waals surface area contributed by atoms with Crippen LogP contribution in [0.5, 0.6) is 11.5 Å². The summed E-state index contributed by atoms with van der Waals surface area (Å²) in [5.74, 6) is 0.665. The highest BCUT2D eigenvalue weighted by atomic mass is 16.5. The summed E-state index contributed by atoms with van der Waals surface area (Å²) in [4.78, 5) is 23.5. The van der Waals surface area contributed by atoms with Crippen LogP contribution in [0.3, 0.4) is 0 Å².